The van der Waals surface area contributed by atoms with Crippen molar-refractivity contribution in [3.8, 4) is 0 Å². The number of benzene rings is 1. The molecule has 1 aromatic rings. The molecule has 2 N–H and O–H groups in total. The number of likely N-dealkylation sites (N-methyl/N-ethyl adjacent to an activating group) is 1. The molecular weight excluding hydrogens is 244 g/mol. The third-order valence-corrected chi connectivity index (χ3v) is 3.03. The minimum absolute atomic E-state index is 0.156. The summed E-state index contributed by atoms with van der Waals surface area (Å²) >= 11 is 0. The van der Waals surface area contributed by atoms with E-state index < -0.39 is 11.9 Å². The topological polar surface area (TPSA) is 80.5 Å². The predicted octanol–water partition coefficient (Wildman–Crippen LogP) is 1.52. The number of nitrogens with two attached hydrogens (primary N) is 1. The molecule has 0 fully saturated rings. The first-order chi connectivity index (χ1) is 9.06. The smallest absolute Gasteiger partial charge is 0.257 e. The Bertz CT molecular complexity index is 486. The second kappa shape index (κ2) is 6.68. The molecule has 5 heteroatoms. The molecule has 0 saturated carbocycles. The minimum atomic E-state index is -0.503. The Morgan fingerprint density at radius 3 is 2.63 bits per heavy atom. The normalized spacial score (nSPS) is 11.7. The van der Waals surface area contributed by atoms with E-state index in [2.05, 4.69) is 0 Å². The van der Waals surface area contributed by atoms with Crippen molar-refractivity contribution >= 4 is 24.2 Å². The Hall–Kier alpha value is -2.17. The van der Waals surface area contributed by atoms with Crippen molar-refractivity contribution in [1.82, 2.24) is 4.90 Å². The van der Waals surface area contributed by atoms with Gasteiger partial charge in [0, 0.05) is 18.3 Å². The summed E-state index contributed by atoms with van der Waals surface area (Å²) in [6.45, 7) is 1.93. The Morgan fingerprint density at radius 1 is 1.42 bits per heavy atom. The van der Waals surface area contributed by atoms with Crippen LogP contribution < -0.4 is 5.73 Å². The first-order valence-electron chi connectivity index (χ1n) is 6.12. The SMILES string of the molecule is CCCC(C=O)N(C)C(=O)c1c(N)cccc1C=O. The van der Waals surface area contributed by atoms with E-state index in [0.29, 0.717) is 12.7 Å². The summed E-state index contributed by atoms with van der Waals surface area (Å²) in [5.74, 6) is -0.411. The average Bonchev–Trinajstić information content (AvgIpc) is 2.42. The molecule has 1 aromatic carbocycles. The molecule has 0 saturated heterocycles. The number of hydrogen-bond acceptors (Lipinski definition) is 4. The highest BCUT2D eigenvalue weighted by molar-refractivity contribution is 6.06. The van der Waals surface area contributed by atoms with Crippen molar-refractivity contribution in [3.63, 3.8) is 0 Å². The number of anilines is 1. The van der Waals surface area contributed by atoms with Gasteiger partial charge in [-0.3, -0.25) is 9.59 Å². The summed E-state index contributed by atoms with van der Waals surface area (Å²) in [5.41, 5.74) is 6.38. The number of rotatable bonds is 6. The van der Waals surface area contributed by atoms with Crippen molar-refractivity contribution in [3.05, 3.63) is 29.3 Å². The third kappa shape index (κ3) is 3.19. The van der Waals surface area contributed by atoms with Crippen LogP contribution in [0.15, 0.2) is 18.2 Å². The molecule has 0 aliphatic carbocycles. The van der Waals surface area contributed by atoms with Crippen LogP contribution in [0.3, 0.4) is 0 Å². The second-order valence-corrected chi connectivity index (χ2v) is 4.34. The van der Waals surface area contributed by atoms with Crippen LogP contribution in [0.4, 0.5) is 5.69 Å². The zero-order valence-electron chi connectivity index (χ0n) is 11.1. The van der Waals surface area contributed by atoms with E-state index in [9.17, 15) is 14.4 Å². The maximum absolute atomic E-state index is 12.3. The maximum Gasteiger partial charge on any atom is 0.257 e. The number of nitrogen functional groups attached to an aromatic ring is 1. The van der Waals surface area contributed by atoms with E-state index in [1.54, 1.807) is 12.1 Å². The van der Waals surface area contributed by atoms with E-state index in [1.165, 1.54) is 18.0 Å². The van der Waals surface area contributed by atoms with Crippen LogP contribution in [0.1, 0.15) is 40.5 Å². The molecule has 0 aromatic heterocycles. The fourth-order valence-electron chi connectivity index (χ4n) is 1.91. The minimum Gasteiger partial charge on any atom is -0.398 e. The molecule has 1 amide bonds. The van der Waals surface area contributed by atoms with Crippen LogP contribution in [0.2, 0.25) is 0 Å². The Balaban J connectivity index is 3.12. The number of nitrogens with zero attached hydrogens (tertiary/aromatic N) is 1. The number of aldehydes is 2. The summed E-state index contributed by atoms with van der Waals surface area (Å²) in [6, 6.07) is 4.19. The van der Waals surface area contributed by atoms with Gasteiger partial charge in [-0.2, -0.15) is 0 Å². The third-order valence-electron chi connectivity index (χ3n) is 3.03. The Kier molecular flexibility index (Phi) is 5.23. The van der Waals surface area contributed by atoms with Crippen molar-refractivity contribution in [2.75, 3.05) is 12.8 Å². The highest BCUT2D eigenvalue weighted by Gasteiger charge is 2.23. The van der Waals surface area contributed by atoms with Gasteiger partial charge >= 0.3 is 0 Å². The lowest BCUT2D eigenvalue weighted by atomic mass is 10.0. The van der Waals surface area contributed by atoms with Gasteiger partial charge in [0.1, 0.15) is 6.29 Å². The summed E-state index contributed by atoms with van der Waals surface area (Å²) in [4.78, 5) is 35.7. The highest BCUT2D eigenvalue weighted by Crippen LogP contribution is 2.19. The molecule has 0 aliphatic rings. The number of carbonyl (C=O) groups is 3. The predicted molar refractivity (Wildman–Crippen MR) is 73.1 cm³/mol. The first kappa shape index (κ1) is 14.9. The fourth-order valence-corrected chi connectivity index (χ4v) is 1.91. The van der Waals surface area contributed by atoms with Gasteiger partial charge in [-0.25, -0.2) is 0 Å². The van der Waals surface area contributed by atoms with Crippen LogP contribution >= 0.6 is 0 Å². The fraction of sp³-hybridized carbons (Fsp3) is 0.357. The lowest BCUT2D eigenvalue weighted by molar-refractivity contribution is -0.111. The molecular formula is C14H18N2O3. The zero-order valence-corrected chi connectivity index (χ0v) is 11.1. The molecule has 0 bridgehead atoms. The van der Waals surface area contributed by atoms with E-state index in [0.717, 1.165) is 12.7 Å². The van der Waals surface area contributed by atoms with E-state index >= 15 is 0 Å². The van der Waals surface area contributed by atoms with Crippen molar-refractivity contribution < 1.29 is 14.4 Å². The monoisotopic (exact) mass is 262 g/mol. The van der Waals surface area contributed by atoms with E-state index in [4.69, 9.17) is 5.73 Å². The average molecular weight is 262 g/mol. The summed E-state index contributed by atoms with van der Waals surface area (Å²) in [7, 11) is 1.54. The standard InChI is InChI=1S/C14H18N2O3/c1-3-5-11(9-18)16(2)14(19)13-10(8-17)6-4-7-12(13)15/h4,6-9,11H,3,5,15H2,1-2H3. The van der Waals surface area contributed by atoms with Gasteiger partial charge in [-0.1, -0.05) is 25.5 Å². The molecule has 102 valence electrons. The van der Waals surface area contributed by atoms with Gasteiger partial charge < -0.3 is 15.4 Å². The molecule has 5 nitrogen and oxygen atoms in total. The summed E-state index contributed by atoms with van der Waals surface area (Å²) < 4.78 is 0. The van der Waals surface area contributed by atoms with Gasteiger partial charge in [-0.05, 0) is 12.5 Å². The van der Waals surface area contributed by atoms with Crippen molar-refractivity contribution in [2.24, 2.45) is 0 Å². The molecule has 0 spiro atoms. The first-order valence-corrected chi connectivity index (χ1v) is 6.12. The second-order valence-electron chi connectivity index (χ2n) is 4.34. The van der Waals surface area contributed by atoms with Crippen LogP contribution in [-0.2, 0) is 4.79 Å². The lowest BCUT2D eigenvalue weighted by Gasteiger charge is -2.24. The van der Waals surface area contributed by atoms with Crippen molar-refractivity contribution in [1.29, 1.82) is 0 Å². The molecule has 0 radical (unpaired) electrons. The maximum atomic E-state index is 12.3. The molecule has 1 atom stereocenters. The Labute approximate surface area is 112 Å². The molecule has 19 heavy (non-hydrogen) atoms. The Morgan fingerprint density at radius 2 is 2.11 bits per heavy atom. The van der Waals surface area contributed by atoms with Gasteiger partial charge in [0.2, 0.25) is 0 Å². The quantitative estimate of drug-likeness (QED) is 0.622. The van der Waals surface area contributed by atoms with Gasteiger partial charge in [0.05, 0.1) is 11.6 Å². The van der Waals surface area contributed by atoms with Crippen LogP contribution in [0.5, 0.6) is 0 Å². The molecule has 1 rings (SSSR count). The molecule has 0 aliphatic heterocycles. The number of carbonyl (C=O) groups excluding carboxylic acids is 3. The summed E-state index contributed by atoms with van der Waals surface area (Å²) in [6.07, 6.45) is 2.69. The van der Waals surface area contributed by atoms with E-state index in [-0.39, 0.29) is 16.8 Å². The number of amides is 1. The largest absolute Gasteiger partial charge is 0.398 e. The van der Waals surface area contributed by atoms with Gasteiger partial charge in [0.25, 0.3) is 5.91 Å². The van der Waals surface area contributed by atoms with Crippen LogP contribution in [0.25, 0.3) is 0 Å². The summed E-state index contributed by atoms with van der Waals surface area (Å²) in [5, 5.41) is 0. The lowest BCUT2D eigenvalue weighted by Crippen LogP contribution is -2.38. The molecule has 0 heterocycles. The zero-order chi connectivity index (χ0) is 14.4. The highest BCUT2D eigenvalue weighted by atomic mass is 16.2. The van der Waals surface area contributed by atoms with E-state index in [1.807, 2.05) is 6.92 Å². The number of hydrogen-bond donors (Lipinski definition) is 1. The van der Waals surface area contributed by atoms with Gasteiger partial charge in [-0.15, -0.1) is 0 Å². The van der Waals surface area contributed by atoms with Crippen LogP contribution in [0, 0.1) is 0 Å². The van der Waals surface area contributed by atoms with Gasteiger partial charge in [0.15, 0.2) is 6.29 Å². The molecule has 1 unspecified atom stereocenters. The van der Waals surface area contributed by atoms with Crippen LogP contribution in [-0.4, -0.2) is 36.5 Å². The van der Waals surface area contributed by atoms with Crippen molar-refractivity contribution in [2.45, 2.75) is 25.8 Å².